The van der Waals surface area contributed by atoms with Gasteiger partial charge in [0.25, 0.3) is 0 Å². The number of benzene rings is 2. The van der Waals surface area contributed by atoms with Gasteiger partial charge in [0.05, 0.1) is 22.2 Å². The smallest absolute Gasteiger partial charge is 0.138 e. The van der Waals surface area contributed by atoms with E-state index in [0.29, 0.717) is 21.4 Å². The van der Waals surface area contributed by atoms with Crippen molar-refractivity contribution in [2.45, 2.75) is 0 Å². The zero-order valence-corrected chi connectivity index (χ0v) is 11.6. The van der Waals surface area contributed by atoms with Gasteiger partial charge in [-0.1, -0.05) is 40.9 Å². The van der Waals surface area contributed by atoms with E-state index in [4.69, 9.17) is 39.5 Å². The average molecular weight is 304 g/mol. The Kier molecular flexibility index (Phi) is 3.91. The molecule has 0 heterocycles. The maximum Gasteiger partial charge on any atom is 0.138 e. The Balaban J connectivity index is 2.58. The summed E-state index contributed by atoms with van der Waals surface area (Å²) in [6.07, 6.45) is 0. The molecular formula is C13H9Cl3O2. The lowest BCUT2D eigenvalue weighted by atomic mass is 10.1. The molecule has 0 spiro atoms. The third-order valence-corrected chi connectivity index (χ3v) is 3.43. The van der Waals surface area contributed by atoms with E-state index in [9.17, 15) is 5.11 Å². The zero-order valence-electron chi connectivity index (χ0n) is 9.38. The van der Waals surface area contributed by atoms with Gasteiger partial charge in [-0.05, 0) is 23.8 Å². The first-order valence-corrected chi connectivity index (χ1v) is 6.18. The molecule has 0 radical (unpaired) electrons. The number of methoxy groups -OCH3 is 1. The monoisotopic (exact) mass is 302 g/mol. The van der Waals surface area contributed by atoms with Gasteiger partial charge in [0.1, 0.15) is 11.5 Å². The summed E-state index contributed by atoms with van der Waals surface area (Å²) in [5, 5.41) is 10.6. The van der Waals surface area contributed by atoms with Crippen molar-refractivity contribution in [2.75, 3.05) is 7.11 Å². The van der Waals surface area contributed by atoms with Crippen LogP contribution in [-0.2, 0) is 0 Å². The van der Waals surface area contributed by atoms with E-state index in [-0.39, 0.29) is 10.8 Å². The van der Waals surface area contributed by atoms with Crippen LogP contribution < -0.4 is 4.74 Å². The van der Waals surface area contributed by atoms with Gasteiger partial charge in [-0.25, -0.2) is 0 Å². The number of phenolic OH excluding ortho intramolecular Hbond substituents is 1. The highest BCUT2D eigenvalue weighted by Gasteiger charge is 2.10. The van der Waals surface area contributed by atoms with Crippen LogP contribution in [0.3, 0.4) is 0 Å². The topological polar surface area (TPSA) is 29.5 Å². The summed E-state index contributed by atoms with van der Waals surface area (Å²) in [5.74, 6) is 0.501. The van der Waals surface area contributed by atoms with Crippen molar-refractivity contribution in [3.05, 3.63) is 45.4 Å². The van der Waals surface area contributed by atoms with E-state index < -0.39 is 0 Å². The van der Waals surface area contributed by atoms with Crippen molar-refractivity contribution in [2.24, 2.45) is 0 Å². The predicted octanol–water partition coefficient (Wildman–Crippen LogP) is 5.03. The minimum atomic E-state index is -0.0497. The molecular weight excluding hydrogens is 294 g/mol. The van der Waals surface area contributed by atoms with Crippen LogP contribution in [0.2, 0.25) is 15.1 Å². The van der Waals surface area contributed by atoms with Crippen molar-refractivity contribution >= 4 is 34.8 Å². The molecule has 0 aromatic heterocycles. The summed E-state index contributed by atoms with van der Waals surface area (Å²) < 4.78 is 5.14. The van der Waals surface area contributed by atoms with E-state index in [2.05, 4.69) is 0 Å². The molecule has 0 fully saturated rings. The SMILES string of the molecule is COc1cc(-c2cc(Cl)c(O)cc2Cl)ccc1Cl. The van der Waals surface area contributed by atoms with Crippen molar-refractivity contribution in [3.8, 4) is 22.6 Å². The number of hydrogen-bond donors (Lipinski definition) is 1. The number of rotatable bonds is 2. The predicted molar refractivity (Wildman–Crippen MR) is 75.1 cm³/mol. The van der Waals surface area contributed by atoms with Crippen molar-refractivity contribution in [1.82, 2.24) is 0 Å². The Morgan fingerprint density at radius 3 is 2.33 bits per heavy atom. The fourth-order valence-electron chi connectivity index (χ4n) is 1.58. The molecule has 0 aliphatic heterocycles. The molecule has 2 aromatic rings. The summed E-state index contributed by atoms with van der Waals surface area (Å²) in [4.78, 5) is 0. The standard InChI is InChI=1S/C13H9Cl3O2/c1-18-13-4-7(2-3-9(13)14)8-5-11(16)12(17)6-10(8)15/h2-6,17H,1H3. The summed E-state index contributed by atoms with van der Waals surface area (Å²) in [5.41, 5.74) is 1.51. The largest absolute Gasteiger partial charge is 0.506 e. The van der Waals surface area contributed by atoms with E-state index in [1.165, 1.54) is 13.2 Å². The molecule has 0 saturated carbocycles. The number of hydrogen-bond acceptors (Lipinski definition) is 2. The van der Waals surface area contributed by atoms with Crippen LogP contribution >= 0.6 is 34.8 Å². The van der Waals surface area contributed by atoms with Crippen LogP contribution in [0.4, 0.5) is 0 Å². The molecule has 0 unspecified atom stereocenters. The molecule has 0 aliphatic carbocycles. The maximum atomic E-state index is 9.45. The minimum Gasteiger partial charge on any atom is -0.506 e. The summed E-state index contributed by atoms with van der Waals surface area (Å²) in [6.45, 7) is 0. The lowest BCUT2D eigenvalue weighted by Crippen LogP contribution is -1.86. The molecule has 5 heteroatoms. The Morgan fingerprint density at radius 2 is 1.67 bits per heavy atom. The number of ether oxygens (including phenoxy) is 1. The molecule has 2 aromatic carbocycles. The lowest BCUT2D eigenvalue weighted by molar-refractivity contribution is 0.415. The normalized spacial score (nSPS) is 10.4. The molecule has 0 saturated heterocycles. The van der Waals surface area contributed by atoms with E-state index >= 15 is 0 Å². The van der Waals surface area contributed by atoms with Crippen molar-refractivity contribution in [3.63, 3.8) is 0 Å². The first-order chi connectivity index (χ1) is 8.52. The first-order valence-electron chi connectivity index (χ1n) is 5.05. The van der Waals surface area contributed by atoms with E-state index in [1.807, 2.05) is 0 Å². The van der Waals surface area contributed by atoms with Crippen LogP contribution in [-0.4, -0.2) is 12.2 Å². The van der Waals surface area contributed by atoms with Gasteiger partial charge in [-0.15, -0.1) is 0 Å². The quantitative estimate of drug-likeness (QED) is 0.843. The van der Waals surface area contributed by atoms with E-state index in [1.54, 1.807) is 24.3 Å². The highest BCUT2D eigenvalue weighted by Crippen LogP contribution is 2.38. The van der Waals surface area contributed by atoms with Crippen LogP contribution in [0.1, 0.15) is 0 Å². The average Bonchev–Trinajstić information content (AvgIpc) is 2.35. The van der Waals surface area contributed by atoms with Gasteiger partial charge in [-0.2, -0.15) is 0 Å². The third-order valence-electron chi connectivity index (χ3n) is 2.50. The lowest BCUT2D eigenvalue weighted by Gasteiger charge is -2.09. The summed E-state index contributed by atoms with van der Waals surface area (Å²) in [7, 11) is 1.54. The van der Waals surface area contributed by atoms with Gasteiger partial charge in [0.15, 0.2) is 0 Å². The van der Waals surface area contributed by atoms with Crippen LogP contribution in [0.5, 0.6) is 11.5 Å². The first kappa shape index (κ1) is 13.3. The molecule has 2 nitrogen and oxygen atoms in total. The molecule has 2 rings (SSSR count). The Morgan fingerprint density at radius 1 is 0.944 bits per heavy atom. The number of phenols is 1. The Hall–Kier alpha value is -1.09. The molecule has 0 bridgehead atoms. The fraction of sp³-hybridized carbons (Fsp3) is 0.0769. The van der Waals surface area contributed by atoms with Gasteiger partial charge in [-0.3, -0.25) is 0 Å². The molecule has 0 aliphatic rings. The summed E-state index contributed by atoms with van der Waals surface area (Å²) >= 11 is 17.9. The fourth-order valence-corrected chi connectivity index (χ4v) is 2.21. The molecule has 0 amide bonds. The second-order valence-corrected chi connectivity index (χ2v) is 4.85. The van der Waals surface area contributed by atoms with Crippen molar-refractivity contribution in [1.29, 1.82) is 0 Å². The highest BCUT2D eigenvalue weighted by molar-refractivity contribution is 6.36. The second-order valence-electron chi connectivity index (χ2n) is 3.63. The minimum absolute atomic E-state index is 0.0497. The van der Waals surface area contributed by atoms with Gasteiger partial charge in [0, 0.05) is 11.6 Å². The van der Waals surface area contributed by atoms with Crippen LogP contribution in [0, 0.1) is 0 Å². The third kappa shape index (κ3) is 2.51. The summed E-state index contributed by atoms with van der Waals surface area (Å²) in [6, 6.07) is 8.28. The second kappa shape index (κ2) is 5.27. The zero-order chi connectivity index (χ0) is 13.3. The van der Waals surface area contributed by atoms with Gasteiger partial charge < -0.3 is 9.84 Å². The van der Waals surface area contributed by atoms with Crippen molar-refractivity contribution < 1.29 is 9.84 Å². The van der Waals surface area contributed by atoms with Crippen LogP contribution in [0.15, 0.2) is 30.3 Å². The maximum absolute atomic E-state index is 9.45. The Labute approximate surface area is 120 Å². The molecule has 0 atom stereocenters. The molecule has 1 N–H and O–H groups in total. The number of aromatic hydroxyl groups is 1. The number of halogens is 3. The van der Waals surface area contributed by atoms with Gasteiger partial charge in [0.2, 0.25) is 0 Å². The molecule has 94 valence electrons. The highest BCUT2D eigenvalue weighted by atomic mass is 35.5. The van der Waals surface area contributed by atoms with Crippen LogP contribution in [0.25, 0.3) is 11.1 Å². The van der Waals surface area contributed by atoms with E-state index in [0.717, 1.165) is 5.56 Å². The van der Waals surface area contributed by atoms with Gasteiger partial charge >= 0.3 is 0 Å². The molecule has 18 heavy (non-hydrogen) atoms. The Bertz CT molecular complexity index is 597.